The van der Waals surface area contributed by atoms with E-state index in [0.717, 1.165) is 30.4 Å². The maximum Gasteiger partial charge on any atom is 0.251 e. The number of nitriles is 1. The van der Waals surface area contributed by atoms with Crippen molar-refractivity contribution in [3.05, 3.63) is 36.2 Å². The van der Waals surface area contributed by atoms with Crippen LogP contribution in [-0.2, 0) is 7.05 Å². The lowest BCUT2D eigenvalue weighted by Crippen LogP contribution is -2.43. The summed E-state index contributed by atoms with van der Waals surface area (Å²) < 4.78 is 7.79. The topological polar surface area (TPSA) is 83.2 Å². The first kappa shape index (κ1) is 19.3. The summed E-state index contributed by atoms with van der Waals surface area (Å²) in [7, 11) is 1.87. The number of carbonyl (C=O) groups excluding carboxylic acids is 1. The average molecular weight is 393 g/mol. The fourth-order valence-electron chi connectivity index (χ4n) is 4.39. The highest BCUT2D eigenvalue weighted by Gasteiger charge is 2.46. The normalized spacial score (nSPS) is 22.7. The Balaban J connectivity index is 1.55. The highest BCUT2D eigenvalue weighted by atomic mass is 16.5. The van der Waals surface area contributed by atoms with Gasteiger partial charge in [-0.2, -0.15) is 10.4 Å². The Bertz CT molecular complexity index is 945. The van der Waals surface area contributed by atoms with Crippen LogP contribution in [0.15, 0.2) is 30.6 Å². The molecule has 2 aromatic rings. The molecule has 1 aromatic heterocycles. The summed E-state index contributed by atoms with van der Waals surface area (Å²) in [6.07, 6.45) is 8.86. The first-order valence-corrected chi connectivity index (χ1v) is 10.2. The Labute approximate surface area is 171 Å². The van der Waals surface area contributed by atoms with Gasteiger partial charge in [0.15, 0.2) is 6.19 Å². The lowest BCUT2D eigenvalue weighted by molar-refractivity contribution is 0.0928. The van der Waals surface area contributed by atoms with Crippen LogP contribution in [0.4, 0.5) is 0 Å². The van der Waals surface area contributed by atoms with Gasteiger partial charge in [-0.3, -0.25) is 9.48 Å². The van der Waals surface area contributed by atoms with Crippen LogP contribution in [0.3, 0.4) is 0 Å². The molecule has 2 bridgehead atoms. The summed E-state index contributed by atoms with van der Waals surface area (Å²) in [5.74, 6) is 0.943. The zero-order chi connectivity index (χ0) is 20.5. The molecule has 0 radical (unpaired) electrons. The van der Waals surface area contributed by atoms with E-state index in [1.165, 1.54) is 0 Å². The molecule has 152 valence electrons. The van der Waals surface area contributed by atoms with Crippen LogP contribution in [-0.4, -0.2) is 45.3 Å². The Morgan fingerprint density at radius 3 is 2.90 bits per heavy atom. The van der Waals surface area contributed by atoms with Gasteiger partial charge in [0.25, 0.3) is 5.91 Å². The number of rotatable bonds is 6. The first-order valence-electron chi connectivity index (χ1n) is 10.2. The zero-order valence-electron chi connectivity index (χ0n) is 17.1. The van der Waals surface area contributed by atoms with Gasteiger partial charge < -0.3 is 15.0 Å². The standard InChI is InChI=1S/C22H27N5O2/c1-14(2)12-29-21-8-15(4-6-18(21)16-10-24-26(3)11-16)22(28)25-19-9-17-5-7-20(19)27(17)13-23/h4,6,8,10-11,14,17,19-20H,5,7,9,12H2,1-3H3,(H,25,28)/t17-,19+,20+/m0/s1. The van der Waals surface area contributed by atoms with Crippen LogP contribution in [0.25, 0.3) is 11.1 Å². The second-order valence-corrected chi connectivity index (χ2v) is 8.44. The molecule has 0 unspecified atom stereocenters. The van der Waals surface area contributed by atoms with Crippen molar-refractivity contribution in [1.82, 2.24) is 20.0 Å². The fourth-order valence-corrected chi connectivity index (χ4v) is 4.39. The van der Waals surface area contributed by atoms with Crippen molar-refractivity contribution in [2.45, 2.75) is 51.2 Å². The van der Waals surface area contributed by atoms with Crippen LogP contribution in [0.5, 0.6) is 5.75 Å². The van der Waals surface area contributed by atoms with Gasteiger partial charge >= 0.3 is 0 Å². The van der Waals surface area contributed by atoms with Gasteiger partial charge in [-0.05, 0) is 43.4 Å². The maximum atomic E-state index is 12.9. The molecule has 2 fully saturated rings. The third kappa shape index (κ3) is 3.80. The van der Waals surface area contributed by atoms with Crippen LogP contribution in [0.2, 0.25) is 0 Å². The molecular weight excluding hydrogens is 366 g/mol. The van der Waals surface area contributed by atoms with Crippen molar-refractivity contribution < 1.29 is 9.53 Å². The SMILES string of the molecule is CC(C)COc1cc(C(=O)N[C@@H]2C[C@@H]3CC[C@H]2N3C#N)ccc1-c1cnn(C)c1. The van der Waals surface area contributed by atoms with E-state index in [9.17, 15) is 10.1 Å². The molecule has 7 heteroatoms. The summed E-state index contributed by atoms with van der Waals surface area (Å²) in [6, 6.07) is 5.99. The Hall–Kier alpha value is -3.01. The second-order valence-electron chi connectivity index (χ2n) is 8.44. The smallest absolute Gasteiger partial charge is 0.251 e. The summed E-state index contributed by atoms with van der Waals surface area (Å²) in [5.41, 5.74) is 2.45. The molecule has 2 saturated heterocycles. The van der Waals surface area contributed by atoms with Gasteiger partial charge in [0.1, 0.15) is 5.75 Å². The van der Waals surface area contributed by atoms with Crippen LogP contribution in [0.1, 0.15) is 43.5 Å². The molecule has 1 N–H and O–H groups in total. The van der Waals surface area contributed by atoms with Crippen LogP contribution in [0, 0.1) is 17.4 Å². The number of ether oxygens (including phenoxy) is 1. The molecule has 2 aliphatic rings. The molecule has 3 atom stereocenters. The number of amides is 1. The summed E-state index contributed by atoms with van der Waals surface area (Å²) in [5, 5.41) is 16.7. The lowest BCUT2D eigenvalue weighted by atomic mass is 9.95. The number of nitrogens with zero attached hydrogens (tertiary/aromatic N) is 4. The van der Waals surface area contributed by atoms with Gasteiger partial charge in [-0.25, -0.2) is 0 Å². The van der Waals surface area contributed by atoms with Crippen LogP contribution < -0.4 is 10.1 Å². The molecule has 3 heterocycles. The summed E-state index contributed by atoms with van der Waals surface area (Å²) >= 11 is 0. The molecular formula is C22H27N5O2. The highest BCUT2D eigenvalue weighted by molar-refractivity contribution is 5.95. The van der Waals surface area contributed by atoms with Gasteiger partial charge in [0.05, 0.1) is 24.9 Å². The van der Waals surface area contributed by atoms with Crippen molar-refractivity contribution >= 4 is 5.91 Å². The van der Waals surface area contributed by atoms with E-state index in [1.54, 1.807) is 10.9 Å². The number of nitrogens with one attached hydrogen (secondary N) is 1. The number of carbonyl (C=O) groups is 1. The zero-order valence-corrected chi connectivity index (χ0v) is 17.1. The maximum absolute atomic E-state index is 12.9. The predicted molar refractivity (Wildman–Crippen MR) is 109 cm³/mol. The third-order valence-corrected chi connectivity index (χ3v) is 5.80. The Morgan fingerprint density at radius 2 is 2.24 bits per heavy atom. The molecule has 0 saturated carbocycles. The number of hydrogen-bond acceptors (Lipinski definition) is 5. The number of aryl methyl sites for hydroxylation is 1. The Kier molecular flexibility index (Phi) is 5.18. The minimum absolute atomic E-state index is 0.0268. The number of aromatic nitrogens is 2. The third-order valence-electron chi connectivity index (χ3n) is 5.80. The first-order chi connectivity index (χ1) is 14.0. The van der Waals surface area contributed by atoms with E-state index in [1.807, 2.05) is 36.3 Å². The van der Waals surface area contributed by atoms with Crippen molar-refractivity contribution in [3.8, 4) is 23.1 Å². The summed E-state index contributed by atoms with van der Waals surface area (Å²) in [6.45, 7) is 4.76. The number of benzene rings is 1. The molecule has 4 rings (SSSR count). The van der Waals surface area contributed by atoms with Gasteiger partial charge in [0.2, 0.25) is 0 Å². The molecule has 29 heavy (non-hydrogen) atoms. The van der Waals surface area contributed by atoms with E-state index in [4.69, 9.17) is 4.74 Å². The number of hydrogen-bond donors (Lipinski definition) is 1. The van der Waals surface area contributed by atoms with Crippen molar-refractivity contribution in [2.24, 2.45) is 13.0 Å². The molecule has 0 spiro atoms. The average Bonchev–Trinajstić information content (AvgIpc) is 3.39. The van der Waals surface area contributed by atoms with Gasteiger partial charge in [0, 0.05) is 36.0 Å². The van der Waals surface area contributed by atoms with E-state index in [-0.39, 0.29) is 24.0 Å². The monoisotopic (exact) mass is 393 g/mol. The lowest BCUT2D eigenvalue weighted by Gasteiger charge is -2.22. The predicted octanol–water partition coefficient (Wildman–Crippen LogP) is 2.94. The molecule has 1 aromatic carbocycles. The minimum atomic E-state index is -0.118. The highest BCUT2D eigenvalue weighted by Crippen LogP contribution is 2.37. The van der Waals surface area contributed by atoms with E-state index in [2.05, 4.69) is 30.5 Å². The fraction of sp³-hybridized carbons (Fsp3) is 0.500. The number of fused-ring (bicyclic) bond motifs is 2. The molecule has 7 nitrogen and oxygen atoms in total. The molecule has 1 amide bonds. The Morgan fingerprint density at radius 1 is 1.41 bits per heavy atom. The quantitative estimate of drug-likeness (QED) is 0.763. The van der Waals surface area contributed by atoms with Crippen molar-refractivity contribution in [3.63, 3.8) is 0 Å². The molecule has 0 aliphatic carbocycles. The van der Waals surface area contributed by atoms with Crippen LogP contribution >= 0.6 is 0 Å². The van der Waals surface area contributed by atoms with E-state index >= 15 is 0 Å². The van der Waals surface area contributed by atoms with Crippen molar-refractivity contribution in [1.29, 1.82) is 5.26 Å². The molecule has 2 aliphatic heterocycles. The van der Waals surface area contributed by atoms with Gasteiger partial charge in [-0.1, -0.05) is 13.8 Å². The second kappa shape index (κ2) is 7.78. The summed E-state index contributed by atoms with van der Waals surface area (Å²) in [4.78, 5) is 14.8. The van der Waals surface area contributed by atoms with Crippen molar-refractivity contribution in [2.75, 3.05) is 6.61 Å². The minimum Gasteiger partial charge on any atom is -0.493 e. The van der Waals surface area contributed by atoms with E-state index in [0.29, 0.717) is 23.8 Å². The largest absolute Gasteiger partial charge is 0.493 e. The van der Waals surface area contributed by atoms with Gasteiger partial charge in [-0.15, -0.1) is 0 Å². The van der Waals surface area contributed by atoms with E-state index < -0.39 is 0 Å².